The Balaban J connectivity index is 2.27. The summed E-state index contributed by atoms with van der Waals surface area (Å²) in [7, 11) is -6.95. The molecule has 2 fully saturated rings. The molecule has 1 N–H and O–H groups in total. The van der Waals surface area contributed by atoms with Gasteiger partial charge in [-0.3, -0.25) is 9.12 Å². The molecular weight excluding hydrogens is 443 g/mol. The van der Waals surface area contributed by atoms with Crippen LogP contribution in [0.25, 0.3) is 0 Å². The molecule has 13 heteroatoms. The lowest BCUT2D eigenvalue weighted by atomic mass is 9.97. The Morgan fingerprint density at radius 3 is 2.07 bits per heavy atom. The number of ether oxygens (including phenoxy) is 4. The first kappa shape index (κ1) is 26.1. The lowest BCUT2D eigenvalue weighted by molar-refractivity contribution is -0.263. The molecule has 0 aromatic heterocycles. The van der Waals surface area contributed by atoms with Crippen LogP contribution >= 0.6 is 7.60 Å². The van der Waals surface area contributed by atoms with Gasteiger partial charge in [-0.25, -0.2) is 4.18 Å². The van der Waals surface area contributed by atoms with Gasteiger partial charge in [0.1, 0.15) is 18.3 Å². The van der Waals surface area contributed by atoms with Crippen molar-refractivity contribution in [2.75, 3.05) is 13.3 Å². The van der Waals surface area contributed by atoms with Crippen LogP contribution in [-0.4, -0.2) is 74.9 Å². The first-order valence-electron chi connectivity index (χ1n) is 9.80. The molecule has 0 spiro atoms. The van der Waals surface area contributed by atoms with E-state index in [2.05, 4.69) is 0 Å². The first-order chi connectivity index (χ1) is 13.6. The van der Waals surface area contributed by atoms with Crippen LogP contribution in [0.2, 0.25) is 0 Å². The largest absolute Gasteiger partial charge is 0.397 e. The van der Waals surface area contributed by atoms with Crippen molar-refractivity contribution in [3.8, 4) is 0 Å². The summed E-state index contributed by atoms with van der Waals surface area (Å²) in [4.78, 5) is 0. The number of rotatable bonds is 10. The van der Waals surface area contributed by atoms with Crippen LogP contribution in [0.1, 0.15) is 48.0 Å². The molecule has 0 amide bonds. The zero-order valence-corrected chi connectivity index (χ0v) is 20.1. The Morgan fingerprint density at radius 1 is 1.07 bits per heavy atom. The van der Waals surface area contributed by atoms with E-state index in [4.69, 9.17) is 32.2 Å². The van der Waals surface area contributed by atoms with Crippen LogP contribution in [0.5, 0.6) is 0 Å². The summed E-state index contributed by atoms with van der Waals surface area (Å²) >= 11 is 0. The SMILES string of the molecule is CO[C@H]1O[C@H](CCP(=O)(OC(C)C)OC(C)C)[C@@H](OS(=O)(=O)O)[C@@H]2OC(C)(C)O[C@H]12. The van der Waals surface area contributed by atoms with Crippen molar-refractivity contribution in [2.45, 2.75) is 96.7 Å². The maximum absolute atomic E-state index is 13.2. The fourth-order valence-electron chi connectivity index (χ4n) is 3.56. The van der Waals surface area contributed by atoms with Gasteiger partial charge in [0.2, 0.25) is 0 Å². The van der Waals surface area contributed by atoms with Crippen molar-refractivity contribution >= 4 is 18.0 Å². The monoisotopic (exact) mass is 476 g/mol. The maximum atomic E-state index is 13.2. The van der Waals surface area contributed by atoms with E-state index in [9.17, 15) is 17.5 Å². The number of methoxy groups -OCH3 is 1. The molecule has 0 unspecified atom stereocenters. The highest BCUT2D eigenvalue weighted by Crippen LogP contribution is 2.52. The molecule has 30 heavy (non-hydrogen) atoms. The lowest BCUT2D eigenvalue weighted by Gasteiger charge is -2.40. The van der Waals surface area contributed by atoms with Gasteiger partial charge in [0.15, 0.2) is 12.1 Å². The maximum Gasteiger partial charge on any atom is 0.397 e. The lowest BCUT2D eigenvalue weighted by Crippen LogP contribution is -2.58. The summed E-state index contributed by atoms with van der Waals surface area (Å²) in [6, 6.07) is 0. The van der Waals surface area contributed by atoms with Gasteiger partial charge >= 0.3 is 18.0 Å². The summed E-state index contributed by atoms with van der Waals surface area (Å²) in [6.45, 7) is 10.2. The van der Waals surface area contributed by atoms with E-state index in [1.165, 1.54) is 7.11 Å². The second-order valence-corrected chi connectivity index (χ2v) is 11.4. The molecule has 5 atom stereocenters. The average Bonchev–Trinajstić information content (AvgIpc) is 2.86. The third kappa shape index (κ3) is 7.19. The van der Waals surface area contributed by atoms with Crippen molar-refractivity contribution in [1.82, 2.24) is 0 Å². The summed E-state index contributed by atoms with van der Waals surface area (Å²) in [5.41, 5.74) is 0. The highest BCUT2D eigenvalue weighted by molar-refractivity contribution is 7.80. The standard InChI is InChI=1S/C17H33O11PS/c1-10(2)26-29(18,27-11(3)4)9-8-12-13(28-30(19,20)21)14-15(16(22-7)23-12)25-17(5,6)24-14/h10-16H,8-9H2,1-7H3,(H,19,20,21)/t12-,13-,14+,15+,16+/m1/s1. The van der Waals surface area contributed by atoms with Gasteiger partial charge < -0.3 is 28.0 Å². The molecule has 0 aliphatic carbocycles. The molecule has 2 aliphatic heterocycles. The third-order valence-corrected chi connectivity index (χ3v) is 7.08. The zero-order valence-electron chi connectivity index (χ0n) is 18.3. The quantitative estimate of drug-likeness (QED) is 0.368. The summed E-state index contributed by atoms with van der Waals surface area (Å²) < 4.78 is 84.1. The molecule has 0 saturated carbocycles. The number of hydrogen-bond acceptors (Lipinski definition) is 10. The minimum absolute atomic E-state index is 0.0315. The Morgan fingerprint density at radius 2 is 1.60 bits per heavy atom. The first-order valence-corrected chi connectivity index (χ1v) is 12.9. The fourth-order valence-corrected chi connectivity index (χ4v) is 6.19. The van der Waals surface area contributed by atoms with Gasteiger partial charge in [-0.2, -0.15) is 8.42 Å². The molecular formula is C17H33O11PS. The molecule has 2 saturated heterocycles. The molecule has 0 aromatic rings. The average molecular weight is 476 g/mol. The van der Waals surface area contributed by atoms with Crippen LogP contribution in [0.15, 0.2) is 0 Å². The highest BCUT2D eigenvalue weighted by atomic mass is 32.3. The summed E-state index contributed by atoms with van der Waals surface area (Å²) in [5, 5.41) is 0. The van der Waals surface area contributed by atoms with Crippen LogP contribution in [-0.2, 0) is 47.1 Å². The van der Waals surface area contributed by atoms with E-state index in [1.54, 1.807) is 41.5 Å². The molecule has 11 nitrogen and oxygen atoms in total. The van der Waals surface area contributed by atoms with Gasteiger partial charge in [0.05, 0.1) is 24.5 Å². The van der Waals surface area contributed by atoms with Crippen LogP contribution in [0, 0.1) is 0 Å². The molecule has 0 bridgehead atoms. The number of fused-ring (bicyclic) bond motifs is 1. The molecule has 0 radical (unpaired) electrons. The Hall–Kier alpha value is -0.140. The van der Waals surface area contributed by atoms with E-state index in [0.717, 1.165) is 0 Å². The molecule has 2 aliphatic rings. The Kier molecular flexibility index (Phi) is 8.51. The topological polar surface area (TPSA) is 136 Å². The van der Waals surface area contributed by atoms with Gasteiger partial charge in [-0.05, 0) is 48.0 Å². The second kappa shape index (κ2) is 9.78. The van der Waals surface area contributed by atoms with Crippen molar-refractivity contribution in [3.63, 3.8) is 0 Å². The predicted octanol–water partition coefficient (Wildman–Crippen LogP) is 2.50. The molecule has 2 rings (SSSR count). The zero-order chi connectivity index (χ0) is 22.9. The van der Waals surface area contributed by atoms with Crippen molar-refractivity contribution in [3.05, 3.63) is 0 Å². The number of hydrogen-bond donors (Lipinski definition) is 1. The van der Waals surface area contributed by atoms with Crippen molar-refractivity contribution in [1.29, 1.82) is 0 Å². The van der Waals surface area contributed by atoms with Crippen molar-refractivity contribution < 1.29 is 49.7 Å². The molecule has 2 heterocycles. The third-order valence-electron chi connectivity index (χ3n) is 4.33. The summed E-state index contributed by atoms with van der Waals surface area (Å²) in [6.07, 6.45) is -5.56. The molecule has 178 valence electrons. The second-order valence-electron chi connectivity index (χ2n) is 8.26. The van der Waals surface area contributed by atoms with E-state index in [0.29, 0.717) is 0 Å². The van der Waals surface area contributed by atoms with Crippen molar-refractivity contribution in [2.24, 2.45) is 0 Å². The van der Waals surface area contributed by atoms with Crippen LogP contribution < -0.4 is 0 Å². The van der Waals surface area contributed by atoms with Crippen LogP contribution in [0.3, 0.4) is 0 Å². The smallest absolute Gasteiger partial charge is 0.353 e. The van der Waals surface area contributed by atoms with E-state index in [-0.39, 0.29) is 24.8 Å². The molecule has 0 aromatic carbocycles. The van der Waals surface area contributed by atoms with E-state index in [1.807, 2.05) is 0 Å². The van der Waals surface area contributed by atoms with Gasteiger partial charge in [0, 0.05) is 7.11 Å². The van der Waals surface area contributed by atoms with Gasteiger partial charge in [-0.15, -0.1) is 0 Å². The Bertz CT molecular complexity index is 709. The Labute approximate surface area is 178 Å². The minimum atomic E-state index is -4.84. The summed E-state index contributed by atoms with van der Waals surface area (Å²) in [5.74, 6) is -1.05. The highest BCUT2D eigenvalue weighted by Gasteiger charge is 2.57. The normalized spacial score (nSPS) is 32.0. The predicted molar refractivity (Wildman–Crippen MR) is 105 cm³/mol. The van der Waals surface area contributed by atoms with E-state index < -0.39 is 54.5 Å². The minimum Gasteiger partial charge on any atom is -0.353 e. The van der Waals surface area contributed by atoms with Crippen LogP contribution in [0.4, 0.5) is 0 Å². The van der Waals surface area contributed by atoms with Gasteiger partial charge in [0.25, 0.3) is 0 Å². The van der Waals surface area contributed by atoms with E-state index >= 15 is 0 Å². The fraction of sp³-hybridized carbons (Fsp3) is 1.00. The van der Waals surface area contributed by atoms with Gasteiger partial charge in [-0.1, -0.05) is 0 Å².